The first-order valence-electron chi connectivity index (χ1n) is 9.11. The predicted octanol–water partition coefficient (Wildman–Crippen LogP) is 4.52. The van der Waals surface area contributed by atoms with Crippen LogP contribution in [0.25, 0.3) is 6.08 Å². The van der Waals surface area contributed by atoms with E-state index in [1.54, 1.807) is 12.1 Å². The SMILES string of the molecule is C=C[C@H]([C@H](O)CC/C(C)=C/c1ccc(O)c(F)c1)[C@H](O)c1ccc([N+](=O)[O-])cc1. The number of halogens is 1. The van der Waals surface area contributed by atoms with Crippen LogP contribution < -0.4 is 0 Å². The van der Waals surface area contributed by atoms with Crippen molar-refractivity contribution in [3.63, 3.8) is 0 Å². The van der Waals surface area contributed by atoms with Gasteiger partial charge in [-0.15, -0.1) is 6.58 Å². The number of nitrogens with zero attached hydrogens (tertiary/aromatic N) is 1. The van der Waals surface area contributed by atoms with E-state index in [1.165, 1.54) is 42.5 Å². The van der Waals surface area contributed by atoms with Gasteiger partial charge >= 0.3 is 0 Å². The van der Waals surface area contributed by atoms with Crippen molar-refractivity contribution < 1.29 is 24.6 Å². The molecular formula is C22H24FNO5. The molecule has 2 aromatic carbocycles. The Labute approximate surface area is 168 Å². The highest BCUT2D eigenvalue weighted by atomic mass is 19.1. The first-order valence-corrected chi connectivity index (χ1v) is 9.11. The molecule has 0 fully saturated rings. The number of rotatable bonds is 9. The first-order chi connectivity index (χ1) is 13.7. The Kier molecular flexibility index (Phi) is 7.64. The number of aliphatic hydroxyl groups is 2. The number of phenols is 1. The van der Waals surface area contributed by atoms with Crippen molar-refractivity contribution >= 4 is 11.8 Å². The fourth-order valence-electron chi connectivity index (χ4n) is 3.05. The van der Waals surface area contributed by atoms with E-state index in [0.29, 0.717) is 24.0 Å². The summed E-state index contributed by atoms with van der Waals surface area (Å²) in [6, 6.07) is 9.59. The molecule has 3 atom stereocenters. The van der Waals surface area contributed by atoms with Gasteiger partial charge in [0.05, 0.1) is 17.1 Å². The maximum atomic E-state index is 13.4. The van der Waals surface area contributed by atoms with Gasteiger partial charge in [0, 0.05) is 18.1 Å². The monoisotopic (exact) mass is 401 g/mol. The summed E-state index contributed by atoms with van der Waals surface area (Å²) in [5.74, 6) is -1.77. The lowest BCUT2D eigenvalue weighted by atomic mass is 9.88. The van der Waals surface area contributed by atoms with Gasteiger partial charge in [-0.2, -0.15) is 0 Å². The van der Waals surface area contributed by atoms with Crippen LogP contribution in [0.2, 0.25) is 0 Å². The van der Waals surface area contributed by atoms with Crippen LogP contribution in [0, 0.1) is 21.8 Å². The fourth-order valence-corrected chi connectivity index (χ4v) is 3.05. The second-order valence-corrected chi connectivity index (χ2v) is 6.91. The Balaban J connectivity index is 2.01. The topological polar surface area (TPSA) is 104 Å². The highest BCUT2D eigenvalue weighted by Crippen LogP contribution is 2.29. The summed E-state index contributed by atoms with van der Waals surface area (Å²) in [6.07, 6.45) is 2.11. The number of hydrogen-bond donors (Lipinski definition) is 3. The lowest BCUT2D eigenvalue weighted by Gasteiger charge is -2.25. The van der Waals surface area contributed by atoms with Crippen molar-refractivity contribution in [2.24, 2.45) is 5.92 Å². The van der Waals surface area contributed by atoms with Crippen molar-refractivity contribution in [2.45, 2.75) is 32.0 Å². The van der Waals surface area contributed by atoms with E-state index >= 15 is 0 Å². The number of nitro groups is 1. The molecule has 0 saturated heterocycles. The number of allylic oxidation sites excluding steroid dienone is 1. The van der Waals surface area contributed by atoms with Gasteiger partial charge in [0.15, 0.2) is 11.6 Å². The Morgan fingerprint density at radius 2 is 1.90 bits per heavy atom. The van der Waals surface area contributed by atoms with Crippen molar-refractivity contribution in [3.8, 4) is 5.75 Å². The van der Waals surface area contributed by atoms with Crippen LogP contribution in [0.1, 0.15) is 37.0 Å². The molecule has 154 valence electrons. The van der Waals surface area contributed by atoms with E-state index < -0.39 is 34.6 Å². The molecule has 0 aliphatic heterocycles. The predicted molar refractivity (Wildman–Crippen MR) is 109 cm³/mol. The summed E-state index contributed by atoms with van der Waals surface area (Å²) < 4.78 is 13.4. The molecule has 0 bridgehead atoms. The van der Waals surface area contributed by atoms with Crippen LogP contribution in [0.5, 0.6) is 5.75 Å². The van der Waals surface area contributed by atoms with Crippen molar-refractivity contribution in [2.75, 3.05) is 0 Å². The lowest BCUT2D eigenvalue weighted by Crippen LogP contribution is -2.25. The first kappa shape index (κ1) is 22.3. The summed E-state index contributed by atoms with van der Waals surface area (Å²) >= 11 is 0. The highest BCUT2D eigenvalue weighted by Gasteiger charge is 2.25. The number of hydrogen-bond acceptors (Lipinski definition) is 5. The van der Waals surface area contributed by atoms with Gasteiger partial charge in [-0.05, 0) is 55.2 Å². The number of phenolic OH excluding ortho intramolecular Hbond substituents is 1. The number of aliphatic hydroxyl groups excluding tert-OH is 2. The Bertz CT molecular complexity index is 895. The molecule has 0 heterocycles. The summed E-state index contributed by atoms with van der Waals surface area (Å²) in [7, 11) is 0. The molecule has 2 aromatic rings. The summed E-state index contributed by atoms with van der Waals surface area (Å²) in [4.78, 5) is 10.2. The molecule has 6 nitrogen and oxygen atoms in total. The molecule has 0 unspecified atom stereocenters. The smallest absolute Gasteiger partial charge is 0.269 e. The molecule has 3 N–H and O–H groups in total. The minimum Gasteiger partial charge on any atom is -0.505 e. The van der Waals surface area contributed by atoms with Gasteiger partial charge in [0.1, 0.15) is 0 Å². The van der Waals surface area contributed by atoms with Gasteiger partial charge < -0.3 is 15.3 Å². The molecule has 29 heavy (non-hydrogen) atoms. The van der Waals surface area contributed by atoms with Gasteiger partial charge in [0.25, 0.3) is 5.69 Å². The standard InChI is InChI=1S/C22H24FNO5/c1-3-18(22(27)16-6-8-17(9-7-16)24(28)29)20(25)10-4-14(2)12-15-5-11-21(26)19(23)13-15/h3,5-9,11-13,18,20,22,25-27H,1,4,10H2,2H3/b14-12+/t18-,20-,22-/m1/s1. The van der Waals surface area contributed by atoms with E-state index in [0.717, 1.165) is 5.57 Å². The van der Waals surface area contributed by atoms with Gasteiger partial charge in [-0.25, -0.2) is 4.39 Å². The molecule has 2 rings (SSSR count). The highest BCUT2D eigenvalue weighted by molar-refractivity contribution is 5.53. The quantitative estimate of drug-likeness (QED) is 0.326. The van der Waals surface area contributed by atoms with E-state index in [4.69, 9.17) is 0 Å². The molecule has 0 aliphatic rings. The van der Waals surface area contributed by atoms with Crippen LogP contribution in [0.3, 0.4) is 0 Å². The number of non-ortho nitro benzene ring substituents is 1. The van der Waals surface area contributed by atoms with Crippen LogP contribution in [0.4, 0.5) is 10.1 Å². The third-order valence-electron chi connectivity index (χ3n) is 4.75. The Hall–Kier alpha value is -3.03. The molecule has 0 amide bonds. The van der Waals surface area contributed by atoms with Gasteiger partial charge in [-0.1, -0.05) is 23.8 Å². The average molecular weight is 401 g/mol. The zero-order chi connectivity index (χ0) is 21.6. The third kappa shape index (κ3) is 5.97. The largest absolute Gasteiger partial charge is 0.505 e. The molecule has 0 radical (unpaired) electrons. The Morgan fingerprint density at radius 1 is 1.24 bits per heavy atom. The van der Waals surface area contributed by atoms with Crippen molar-refractivity contribution in [3.05, 3.63) is 87.8 Å². The normalized spacial score (nSPS) is 14.8. The summed E-state index contributed by atoms with van der Waals surface area (Å²) in [6.45, 7) is 5.52. The molecule has 0 spiro atoms. The second-order valence-electron chi connectivity index (χ2n) is 6.91. The van der Waals surface area contributed by atoms with Crippen LogP contribution in [-0.4, -0.2) is 26.3 Å². The van der Waals surface area contributed by atoms with Crippen LogP contribution in [-0.2, 0) is 0 Å². The zero-order valence-electron chi connectivity index (χ0n) is 16.0. The van der Waals surface area contributed by atoms with Gasteiger partial charge in [-0.3, -0.25) is 10.1 Å². The minimum absolute atomic E-state index is 0.0805. The molecule has 0 saturated carbocycles. The van der Waals surface area contributed by atoms with E-state index in [-0.39, 0.29) is 5.69 Å². The maximum Gasteiger partial charge on any atom is 0.269 e. The number of benzene rings is 2. The van der Waals surface area contributed by atoms with E-state index in [1.807, 2.05) is 6.92 Å². The molecular weight excluding hydrogens is 377 g/mol. The minimum atomic E-state index is -1.06. The molecule has 7 heteroatoms. The van der Waals surface area contributed by atoms with Crippen LogP contribution in [0.15, 0.2) is 60.7 Å². The third-order valence-corrected chi connectivity index (χ3v) is 4.75. The maximum absolute atomic E-state index is 13.4. The van der Waals surface area contributed by atoms with Crippen molar-refractivity contribution in [1.29, 1.82) is 0 Å². The molecule has 0 aliphatic carbocycles. The summed E-state index contributed by atoms with van der Waals surface area (Å²) in [5, 5.41) is 41.1. The summed E-state index contributed by atoms with van der Waals surface area (Å²) in [5.41, 5.74) is 1.86. The number of aromatic hydroxyl groups is 1. The average Bonchev–Trinajstić information content (AvgIpc) is 2.69. The lowest BCUT2D eigenvalue weighted by molar-refractivity contribution is -0.384. The van der Waals surface area contributed by atoms with E-state index in [2.05, 4.69) is 6.58 Å². The fraction of sp³-hybridized carbons (Fsp3) is 0.273. The Morgan fingerprint density at radius 3 is 2.45 bits per heavy atom. The van der Waals surface area contributed by atoms with Crippen molar-refractivity contribution in [1.82, 2.24) is 0 Å². The zero-order valence-corrected chi connectivity index (χ0v) is 16.0. The second kappa shape index (κ2) is 9.95. The molecule has 0 aromatic heterocycles. The van der Waals surface area contributed by atoms with E-state index in [9.17, 15) is 29.8 Å². The number of nitro benzene ring substituents is 1. The van der Waals surface area contributed by atoms with Gasteiger partial charge in [0.2, 0.25) is 0 Å². The van der Waals surface area contributed by atoms with Crippen LogP contribution >= 0.6 is 0 Å².